The van der Waals surface area contributed by atoms with Crippen LogP contribution in [0.2, 0.25) is 0 Å². The highest BCUT2D eigenvalue weighted by molar-refractivity contribution is 5.10. The zero-order valence-corrected chi connectivity index (χ0v) is 6.44. The average molecular weight is 125 g/mol. The second kappa shape index (κ2) is 2.42. The fourth-order valence-electron chi connectivity index (χ4n) is 1.11. The molecule has 1 atom stereocenters. The molecule has 0 bridgehead atoms. The van der Waals surface area contributed by atoms with Crippen LogP contribution in [-0.2, 0) is 0 Å². The number of hydrogen-bond donors (Lipinski definition) is 1. The topological polar surface area (TPSA) is 12.0 Å². The minimum absolute atomic E-state index is 0.669. The van der Waals surface area contributed by atoms with Gasteiger partial charge in [0.2, 0.25) is 0 Å². The quantitative estimate of drug-likeness (QED) is 0.564. The number of allylic oxidation sites excluding steroid dienone is 1. The molecule has 1 heteroatoms. The van der Waals surface area contributed by atoms with E-state index in [1.54, 1.807) is 0 Å². The molecule has 0 fully saturated rings. The van der Waals surface area contributed by atoms with Crippen molar-refractivity contribution < 1.29 is 0 Å². The van der Waals surface area contributed by atoms with E-state index in [9.17, 15) is 0 Å². The van der Waals surface area contributed by atoms with Gasteiger partial charge in [-0.3, -0.25) is 0 Å². The third-order valence-electron chi connectivity index (χ3n) is 1.73. The fourth-order valence-corrected chi connectivity index (χ4v) is 1.11. The lowest BCUT2D eigenvalue weighted by Gasteiger charge is -2.10. The van der Waals surface area contributed by atoms with E-state index in [2.05, 4.69) is 32.2 Å². The number of hydrogen-bond acceptors (Lipinski definition) is 1. The summed E-state index contributed by atoms with van der Waals surface area (Å²) in [5.74, 6) is 0.676. The first-order chi connectivity index (χ1) is 4.20. The molecule has 0 aromatic rings. The second-order valence-electron chi connectivity index (χ2n) is 3.10. The van der Waals surface area contributed by atoms with Crippen molar-refractivity contribution in [2.24, 2.45) is 5.92 Å². The fraction of sp³-hybridized carbons (Fsp3) is 0.750. The Bertz CT molecular complexity index is 125. The van der Waals surface area contributed by atoms with E-state index in [0.29, 0.717) is 12.0 Å². The summed E-state index contributed by atoms with van der Waals surface area (Å²) in [7, 11) is 0. The number of nitrogens with one attached hydrogen (secondary N) is 1. The molecular formula is C8H15N. The van der Waals surface area contributed by atoms with Gasteiger partial charge in [-0.05, 0) is 19.3 Å². The lowest BCUT2D eigenvalue weighted by Crippen LogP contribution is -2.20. The third-order valence-corrected chi connectivity index (χ3v) is 1.73. The predicted octanol–water partition coefficient (Wildman–Crippen LogP) is 1.91. The molecule has 0 amide bonds. The van der Waals surface area contributed by atoms with Crippen molar-refractivity contribution >= 4 is 0 Å². The lowest BCUT2D eigenvalue weighted by atomic mass is 10.1. The Morgan fingerprint density at radius 1 is 1.67 bits per heavy atom. The molecule has 1 N–H and O–H groups in total. The molecule has 1 heterocycles. The number of rotatable bonds is 1. The van der Waals surface area contributed by atoms with Crippen molar-refractivity contribution in [1.29, 1.82) is 0 Å². The van der Waals surface area contributed by atoms with Crippen LogP contribution in [0.3, 0.4) is 0 Å². The third kappa shape index (κ3) is 1.47. The zero-order valence-electron chi connectivity index (χ0n) is 6.44. The van der Waals surface area contributed by atoms with E-state index < -0.39 is 0 Å². The van der Waals surface area contributed by atoms with Gasteiger partial charge in [0.05, 0.1) is 0 Å². The van der Waals surface area contributed by atoms with Crippen LogP contribution in [0.5, 0.6) is 0 Å². The van der Waals surface area contributed by atoms with Gasteiger partial charge in [-0.2, -0.15) is 0 Å². The van der Waals surface area contributed by atoms with Gasteiger partial charge in [0.15, 0.2) is 0 Å². The normalized spacial score (nSPS) is 26.2. The van der Waals surface area contributed by atoms with E-state index in [0.717, 1.165) is 0 Å². The molecule has 0 radical (unpaired) electrons. The summed E-state index contributed by atoms with van der Waals surface area (Å²) in [6.07, 6.45) is 3.50. The van der Waals surface area contributed by atoms with Crippen LogP contribution >= 0.6 is 0 Å². The molecule has 0 aliphatic carbocycles. The van der Waals surface area contributed by atoms with Crippen molar-refractivity contribution in [3.63, 3.8) is 0 Å². The van der Waals surface area contributed by atoms with E-state index in [-0.39, 0.29) is 0 Å². The van der Waals surface area contributed by atoms with Crippen LogP contribution in [0.1, 0.15) is 27.2 Å². The highest BCUT2D eigenvalue weighted by Gasteiger charge is 2.12. The SMILES string of the molecule is CC(C)C1=CC[C@H](C)N1. The summed E-state index contributed by atoms with van der Waals surface area (Å²) in [4.78, 5) is 0. The van der Waals surface area contributed by atoms with Crippen molar-refractivity contribution in [2.75, 3.05) is 0 Å². The van der Waals surface area contributed by atoms with Crippen LogP contribution in [0.25, 0.3) is 0 Å². The summed E-state index contributed by atoms with van der Waals surface area (Å²) in [5.41, 5.74) is 1.42. The highest BCUT2D eigenvalue weighted by atomic mass is 14.9. The molecule has 52 valence electrons. The highest BCUT2D eigenvalue weighted by Crippen LogP contribution is 2.15. The smallest absolute Gasteiger partial charge is 0.0265 e. The van der Waals surface area contributed by atoms with E-state index >= 15 is 0 Å². The first-order valence-electron chi connectivity index (χ1n) is 3.66. The maximum atomic E-state index is 3.41. The molecule has 1 aliphatic rings. The second-order valence-corrected chi connectivity index (χ2v) is 3.10. The van der Waals surface area contributed by atoms with Gasteiger partial charge in [-0.25, -0.2) is 0 Å². The standard InChI is InChI=1S/C8H15N/c1-6(2)8-5-4-7(3)9-8/h5-7,9H,4H2,1-3H3/t7-/m0/s1. The van der Waals surface area contributed by atoms with Crippen LogP contribution in [0.15, 0.2) is 11.8 Å². The van der Waals surface area contributed by atoms with Gasteiger partial charge in [0.25, 0.3) is 0 Å². The van der Waals surface area contributed by atoms with Crippen molar-refractivity contribution in [3.05, 3.63) is 11.8 Å². The first-order valence-corrected chi connectivity index (χ1v) is 3.66. The van der Waals surface area contributed by atoms with Crippen LogP contribution in [-0.4, -0.2) is 6.04 Å². The summed E-state index contributed by atoms with van der Waals surface area (Å²) in [5, 5.41) is 3.41. The summed E-state index contributed by atoms with van der Waals surface area (Å²) < 4.78 is 0. The van der Waals surface area contributed by atoms with Crippen LogP contribution < -0.4 is 5.32 Å². The Hall–Kier alpha value is -0.460. The van der Waals surface area contributed by atoms with E-state index in [1.807, 2.05) is 0 Å². The van der Waals surface area contributed by atoms with Crippen molar-refractivity contribution in [3.8, 4) is 0 Å². The summed E-state index contributed by atoms with van der Waals surface area (Å²) in [6.45, 7) is 6.65. The van der Waals surface area contributed by atoms with E-state index in [1.165, 1.54) is 12.1 Å². The van der Waals surface area contributed by atoms with Crippen molar-refractivity contribution in [2.45, 2.75) is 33.2 Å². The minimum Gasteiger partial charge on any atom is -0.386 e. The average Bonchev–Trinajstić information content (AvgIpc) is 2.14. The largest absolute Gasteiger partial charge is 0.386 e. The molecule has 0 unspecified atom stereocenters. The van der Waals surface area contributed by atoms with Gasteiger partial charge in [0.1, 0.15) is 0 Å². The molecule has 1 rings (SSSR count). The molecular weight excluding hydrogens is 110 g/mol. The Balaban J connectivity index is 2.45. The Kier molecular flexibility index (Phi) is 1.79. The lowest BCUT2D eigenvalue weighted by molar-refractivity contribution is 0.610. The predicted molar refractivity (Wildman–Crippen MR) is 40.1 cm³/mol. The monoisotopic (exact) mass is 125 g/mol. The Labute approximate surface area is 57.1 Å². The molecule has 9 heavy (non-hydrogen) atoms. The summed E-state index contributed by atoms with van der Waals surface area (Å²) >= 11 is 0. The van der Waals surface area contributed by atoms with Gasteiger partial charge >= 0.3 is 0 Å². The van der Waals surface area contributed by atoms with Crippen molar-refractivity contribution in [1.82, 2.24) is 5.32 Å². The Morgan fingerprint density at radius 3 is 2.56 bits per heavy atom. The maximum Gasteiger partial charge on any atom is 0.0265 e. The van der Waals surface area contributed by atoms with Crippen LogP contribution in [0, 0.1) is 5.92 Å². The first kappa shape index (κ1) is 6.66. The van der Waals surface area contributed by atoms with Gasteiger partial charge in [-0.1, -0.05) is 19.9 Å². The van der Waals surface area contributed by atoms with Gasteiger partial charge < -0.3 is 5.32 Å². The molecule has 0 saturated carbocycles. The summed E-state index contributed by atoms with van der Waals surface area (Å²) in [6, 6.07) is 0.669. The van der Waals surface area contributed by atoms with E-state index in [4.69, 9.17) is 0 Å². The zero-order chi connectivity index (χ0) is 6.85. The molecule has 0 spiro atoms. The van der Waals surface area contributed by atoms with Gasteiger partial charge in [0, 0.05) is 11.7 Å². The molecule has 1 aliphatic heterocycles. The maximum absolute atomic E-state index is 3.41. The Morgan fingerprint density at radius 2 is 2.33 bits per heavy atom. The van der Waals surface area contributed by atoms with Gasteiger partial charge in [-0.15, -0.1) is 0 Å². The van der Waals surface area contributed by atoms with Crippen LogP contribution in [0.4, 0.5) is 0 Å². The minimum atomic E-state index is 0.669. The molecule has 0 aromatic heterocycles. The molecule has 1 nitrogen and oxygen atoms in total. The molecule has 0 aromatic carbocycles. The molecule has 0 saturated heterocycles.